The molecule has 0 aliphatic rings. The number of halogens is 1. The Morgan fingerprint density at radius 1 is 1.52 bits per heavy atom. The third-order valence-electron chi connectivity index (χ3n) is 3.02. The first-order valence-electron chi connectivity index (χ1n) is 7.27. The lowest BCUT2D eigenvalue weighted by Crippen LogP contribution is -2.40. The van der Waals surface area contributed by atoms with Crippen LogP contribution in [-0.4, -0.2) is 61.1 Å². The van der Waals surface area contributed by atoms with Gasteiger partial charge in [-0.25, -0.2) is 4.98 Å². The molecule has 23 heavy (non-hydrogen) atoms. The zero-order valence-electron chi connectivity index (χ0n) is 13.9. The summed E-state index contributed by atoms with van der Waals surface area (Å²) in [5, 5.41) is 2.84. The Bertz CT molecular complexity index is 463. The summed E-state index contributed by atoms with van der Waals surface area (Å²) in [6.45, 7) is 1.83. The van der Waals surface area contributed by atoms with Crippen molar-refractivity contribution in [2.75, 3.05) is 39.3 Å². The highest BCUT2D eigenvalue weighted by Gasteiger charge is 2.12. The Labute approximate surface area is 149 Å². The number of carbonyl (C=O) groups is 1. The average molecular weight is 363 g/mol. The van der Waals surface area contributed by atoms with Crippen molar-refractivity contribution in [3.05, 3.63) is 23.9 Å². The van der Waals surface area contributed by atoms with Gasteiger partial charge >= 0.3 is 0 Å². The van der Waals surface area contributed by atoms with Crippen LogP contribution in [0, 0.1) is 0 Å². The largest absolute Gasteiger partial charge is 0.476 e. The molecule has 1 atom stereocenters. The molecule has 1 aromatic rings. The van der Waals surface area contributed by atoms with Crippen molar-refractivity contribution in [3.63, 3.8) is 0 Å². The van der Waals surface area contributed by atoms with E-state index in [9.17, 15) is 4.79 Å². The molecule has 0 radical (unpaired) electrons. The molecule has 0 fully saturated rings. The summed E-state index contributed by atoms with van der Waals surface area (Å²) in [5.41, 5.74) is 6.77. The molecule has 6 nitrogen and oxygen atoms in total. The van der Waals surface area contributed by atoms with Gasteiger partial charge < -0.3 is 20.7 Å². The number of amides is 1. The number of hydrogen-bond donors (Lipinski definition) is 2. The van der Waals surface area contributed by atoms with Crippen molar-refractivity contribution in [1.82, 2.24) is 15.2 Å². The van der Waals surface area contributed by atoms with Gasteiger partial charge in [0.2, 0.25) is 11.8 Å². The first kappa shape index (κ1) is 22.0. The maximum atomic E-state index is 11.9. The zero-order chi connectivity index (χ0) is 16.4. The quantitative estimate of drug-likeness (QED) is 0.649. The average Bonchev–Trinajstić information content (AvgIpc) is 2.50. The van der Waals surface area contributed by atoms with E-state index >= 15 is 0 Å². The summed E-state index contributed by atoms with van der Waals surface area (Å²) in [5.74, 6) is 1.33. The SMILES string of the molecule is CSCCC(N)C(=O)NCc1ccnc(OCCN(C)C)c1.Cl. The van der Waals surface area contributed by atoms with Gasteiger partial charge in [0.25, 0.3) is 0 Å². The molecule has 0 saturated heterocycles. The number of rotatable bonds is 10. The van der Waals surface area contributed by atoms with Crippen molar-refractivity contribution in [3.8, 4) is 5.88 Å². The van der Waals surface area contributed by atoms with Crippen LogP contribution in [0.1, 0.15) is 12.0 Å². The van der Waals surface area contributed by atoms with Gasteiger partial charge in [-0.15, -0.1) is 12.4 Å². The van der Waals surface area contributed by atoms with Crippen LogP contribution in [0.3, 0.4) is 0 Å². The van der Waals surface area contributed by atoms with Gasteiger partial charge in [-0.3, -0.25) is 4.79 Å². The molecule has 8 heteroatoms. The molecule has 3 N–H and O–H groups in total. The van der Waals surface area contributed by atoms with E-state index in [1.807, 2.05) is 37.4 Å². The fraction of sp³-hybridized carbons (Fsp3) is 0.600. The highest BCUT2D eigenvalue weighted by molar-refractivity contribution is 7.98. The van der Waals surface area contributed by atoms with Crippen LogP contribution in [0.25, 0.3) is 0 Å². The summed E-state index contributed by atoms with van der Waals surface area (Å²) in [6, 6.07) is 3.24. The molecule has 0 aliphatic heterocycles. The molecule has 1 amide bonds. The molecule has 0 aliphatic carbocycles. The van der Waals surface area contributed by atoms with Crippen LogP contribution in [0.5, 0.6) is 5.88 Å². The summed E-state index contributed by atoms with van der Waals surface area (Å²) in [6.07, 6.45) is 4.36. The van der Waals surface area contributed by atoms with E-state index in [4.69, 9.17) is 10.5 Å². The van der Waals surface area contributed by atoms with Crippen LogP contribution in [0.2, 0.25) is 0 Å². The van der Waals surface area contributed by atoms with Gasteiger partial charge in [0.05, 0.1) is 6.04 Å². The molecule has 1 unspecified atom stereocenters. The van der Waals surface area contributed by atoms with Crippen LogP contribution in [0.15, 0.2) is 18.3 Å². The van der Waals surface area contributed by atoms with Gasteiger partial charge in [-0.05, 0) is 44.2 Å². The van der Waals surface area contributed by atoms with Crippen LogP contribution in [0.4, 0.5) is 0 Å². The molecule has 0 saturated carbocycles. The molecule has 0 bridgehead atoms. The topological polar surface area (TPSA) is 80.5 Å². The van der Waals surface area contributed by atoms with Crippen LogP contribution >= 0.6 is 24.2 Å². The molecule has 1 aromatic heterocycles. The standard InChI is InChI=1S/C15H26N4O2S.ClH/c1-19(2)7-8-21-14-10-12(4-6-17-14)11-18-15(20)13(16)5-9-22-3;/h4,6,10,13H,5,7-9,11,16H2,1-3H3,(H,18,20);1H. The second-order valence-corrected chi connectivity index (χ2v) is 6.25. The highest BCUT2D eigenvalue weighted by atomic mass is 35.5. The molecule has 132 valence electrons. The van der Waals surface area contributed by atoms with Gasteiger partial charge in [0.1, 0.15) is 6.61 Å². The maximum absolute atomic E-state index is 11.9. The molecule has 0 spiro atoms. The fourth-order valence-corrected chi connectivity index (χ4v) is 2.16. The van der Waals surface area contributed by atoms with E-state index in [-0.39, 0.29) is 18.3 Å². The minimum Gasteiger partial charge on any atom is -0.476 e. The monoisotopic (exact) mass is 362 g/mol. The summed E-state index contributed by atoms with van der Waals surface area (Å²) in [7, 11) is 3.98. The van der Waals surface area contributed by atoms with Gasteiger partial charge in [0, 0.05) is 25.4 Å². The number of nitrogens with one attached hydrogen (secondary N) is 1. The minimum absolute atomic E-state index is 0. The number of likely N-dealkylation sites (N-methyl/N-ethyl adjacent to an activating group) is 1. The maximum Gasteiger partial charge on any atom is 0.237 e. The number of nitrogens with zero attached hydrogens (tertiary/aromatic N) is 2. The Kier molecular flexibility index (Phi) is 11.9. The number of nitrogens with two attached hydrogens (primary N) is 1. The fourth-order valence-electron chi connectivity index (χ4n) is 1.67. The van der Waals surface area contributed by atoms with E-state index in [0.29, 0.717) is 25.5 Å². The van der Waals surface area contributed by atoms with Crippen molar-refractivity contribution < 1.29 is 9.53 Å². The number of ether oxygens (including phenoxy) is 1. The van der Waals surface area contributed by atoms with Crippen LogP contribution < -0.4 is 15.8 Å². The predicted molar refractivity (Wildman–Crippen MR) is 98.4 cm³/mol. The lowest BCUT2D eigenvalue weighted by Gasteiger charge is -2.13. The van der Waals surface area contributed by atoms with E-state index in [2.05, 4.69) is 10.3 Å². The second-order valence-electron chi connectivity index (χ2n) is 5.26. The molecule has 0 aromatic carbocycles. The molecular weight excluding hydrogens is 336 g/mol. The van der Waals surface area contributed by atoms with Gasteiger partial charge in [-0.2, -0.15) is 11.8 Å². The number of carbonyl (C=O) groups excluding carboxylic acids is 1. The molecule has 1 rings (SSSR count). The third-order valence-corrected chi connectivity index (χ3v) is 3.67. The third kappa shape index (κ3) is 9.65. The van der Waals surface area contributed by atoms with Gasteiger partial charge in [0.15, 0.2) is 0 Å². The Hall–Kier alpha value is -1.02. The lowest BCUT2D eigenvalue weighted by molar-refractivity contribution is -0.122. The first-order chi connectivity index (χ1) is 10.5. The van der Waals surface area contributed by atoms with Gasteiger partial charge in [-0.1, -0.05) is 0 Å². The number of pyridine rings is 1. The zero-order valence-corrected chi connectivity index (χ0v) is 15.6. The Morgan fingerprint density at radius 2 is 2.26 bits per heavy atom. The summed E-state index contributed by atoms with van der Waals surface area (Å²) >= 11 is 1.69. The summed E-state index contributed by atoms with van der Waals surface area (Å²) in [4.78, 5) is 18.1. The van der Waals surface area contributed by atoms with E-state index in [0.717, 1.165) is 17.9 Å². The Balaban J connectivity index is 0.00000484. The van der Waals surface area contributed by atoms with Crippen molar-refractivity contribution in [2.45, 2.75) is 19.0 Å². The number of aromatic nitrogens is 1. The number of thioether (sulfide) groups is 1. The van der Waals surface area contributed by atoms with Crippen molar-refractivity contribution >= 4 is 30.1 Å². The van der Waals surface area contributed by atoms with E-state index in [1.165, 1.54) is 0 Å². The molecule has 1 heterocycles. The smallest absolute Gasteiger partial charge is 0.237 e. The summed E-state index contributed by atoms with van der Waals surface area (Å²) < 4.78 is 5.57. The molecular formula is C15H27ClN4O2S. The second kappa shape index (κ2) is 12.4. The van der Waals surface area contributed by atoms with E-state index < -0.39 is 6.04 Å². The first-order valence-corrected chi connectivity index (χ1v) is 8.67. The van der Waals surface area contributed by atoms with Crippen molar-refractivity contribution in [2.24, 2.45) is 5.73 Å². The number of hydrogen-bond acceptors (Lipinski definition) is 6. The normalized spacial score (nSPS) is 11.7. The Morgan fingerprint density at radius 3 is 2.91 bits per heavy atom. The van der Waals surface area contributed by atoms with Crippen molar-refractivity contribution in [1.29, 1.82) is 0 Å². The van der Waals surface area contributed by atoms with Crippen LogP contribution in [-0.2, 0) is 11.3 Å². The van der Waals surface area contributed by atoms with E-state index in [1.54, 1.807) is 18.0 Å². The predicted octanol–water partition coefficient (Wildman–Crippen LogP) is 1.14. The lowest BCUT2D eigenvalue weighted by atomic mass is 10.2. The highest BCUT2D eigenvalue weighted by Crippen LogP contribution is 2.09. The minimum atomic E-state index is -0.454.